The summed E-state index contributed by atoms with van der Waals surface area (Å²) in [4.78, 5) is 18.0. The van der Waals surface area contributed by atoms with Gasteiger partial charge in [0.15, 0.2) is 4.80 Å². The molecule has 0 unspecified atom stereocenters. The summed E-state index contributed by atoms with van der Waals surface area (Å²) in [7, 11) is -3.67. The number of para-hydroxylation sites is 1. The summed E-state index contributed by atoms with van der Waals surface area (Å²) < 4.78 is 41.9. The first-order valence-corrected chi connectivity index (χ1v) is 13.6. The van der Waals surface area contributed by atoms with E-state index in [1.807, 2.05) is 50.5 Å². The monoisotopic (exact) mass is 503 g/mol. The molecule has 1 saturated heterocycles. The van der Waals surface area contributed by atoms with E-state index in [-0.39, 0.29) is 17.1 Å². The molecule has 1 aromatic heterocycles. The topological polar surface area (TPSA) is 90.2 Å². The number of benzene rings is 2. The number of carbonyl (C=O) groups is 1. The summed E-state index contributed by atoms with van der Waals surface area (Å²) in [6.45, 7) is 9.41. The molecule has 1 aliphatic heterocycles. The van der Waals surface area contributed by atoms with E-state index < -0.39 is 15.9 Å². The average molecular weight is 504 g/mol. The molecule has 4 rings (SSSR count). The zero-order valence-electron chi connectivity index (χ0n) is 19.7. The third-order valence-corrected chi connectivity index (χ3v) is 8.49. The van der Waals surface area contributed by atoms with Crippen molar-refractivity contribution in [2.24, 2.45) is 4.99 Å². The minimum Gasteiger partial charge on any atom is -0.492 e. The van der Waals surface area contributed by atoms with Crippen molar-refractivity contribution in [3.8, 4) is 5.75 Å². The number of hydrogen-bond acceptors (Lipinski definition) is 6. The molecule has 2 heterocycles. The first-order chi connectivity index (χ1) is 16.2. The van der Waals surface area contributed by atoms with E-state index >= 15 is 0 Å². The molecule has 0 aliphatic carbocycles. The normalized spacial score (nSPS) is 20.1. The highest BCUT2D eigenvalue weighted by Gasteiger charge is 2.32. The number of hydrogen-bond donors (Lipinski definition) is 0. The molecule has 2 atom stereocenters. The van der Waals surface area contributed by atoms with E-state index in [2.05, 4.69) is 4.99 Å². The molecule has 3 aromatic rings. The van der Waals surface area contributed by atoms with Gasteiger partial charge in [-0.3, -0.25) is 4.79 Å². The van der Waals surface area contributed by atoms with Crippen LogP contribution >= 0.6 is 11.3 Å². The Morgan fingerprint density at radius 1 is 1.12 bits per heavy atom. The van der Waals surface area contributed by atoms with E-state index in [0.717, 1.165) is 16.0 Å². The van der Waals surface area contributed by atoms with Crippen LogP contribution in [-0.2, 0) is 21.3 Å². The lowest BCUT2D eigenvalue weighted by molar-refractivity contribution is -0.0440. The maximum Gasteiger partial charge on any atom is 0.279 e. The molecule has 1 fully saturated rings. The summed E-state index contributed by atoms with van der Waals surface area (Å²) in [6.07, 6.45) is -0.346. The Balaban J connectivity index is 1.64. The zero-order valence-corrected chi connectivity index (χ0v) is 21.4. The van der Waals surface area contributed by atoms with Crippen molar-refractivity contribution in [3.63, 3.8) is 0 Å². The number of thiazole rings is 1. The quantitative estimate of drug-likeness (QED) is 0.512. The molecule has 0 N–H and O–H groups in total. The third-order valence-electron chi connectivity index (χ3n) is 5.60. The fourth-order valence-corrected chi connectivity index (χ4v) is 6.85. The van der Waals surface area contributed by atoms with Gasteiger partial charge >= 0.3 is 0 Å². The third kappa shape index (κ3) is 4.81. The summed E-state index contributed by atoms with van der Waals surface area (Å²) in [5, 5.41) is 0. The van der Waals surface area contributed by atoms with E-state index in [9.17, 15) is 13.2 Å². The number of morpholine rings is 1. The fourth-order valence-electron chi connectivity index (χ4n) is 4.15. The first-order valence-electron chi connectivity index (χ1n) is 11.3. The number of sulfonamides is 1. The van der Waals surface area contributed by atoms with Crippen LogP contribution in [0.15, 0.2) is 52.4 Å². The van der Waals surface area contributed by atoms with Gasteiger partial charge in [0.05, 0.1) is 28.4 Å². The second-order valence-electron chi connectivity index (χ2n) is 8.19. The molecule has 0 spiro atoms. The number of carbonyl (C=O) groups excluding carboxylic acids is 1. The number of ether oxygens (including phenoxy) is 2. The lowest BCUT2D eigenvalue weighted by Crippen LogP contribution is -2.48. The summed E-state index contributed by atoms with van der Waals surface area (Å²) in [5.41, 5.74) is 1.24. The van der Waals surface area contributed by atoms with Gasteiger partial charge in [-0.25, -0.2) is 8.42 Å². The fraction of sp³-hybridized carbons (Fsp3) is 0.417. The van der Waals surface area contributed by atoms with Crippen molar-refractivity contribution in [2.45, 2.75) is 51.3 Å². The van der Waals surface area contributed by atoms with Gasteiger partial charge < -0.3 is 14.0 Å². The molecule has 0 bridgehead atoms. The molecule has 1 aliphatic rings. The van der Waals surface area contributed by atoms with Crippen LogP contribution in [0.2, 0.25) is 0 Å². The number of aromatic nitrogens is 1. The lowest BCUT2D eigenvalue weighted by Gasteiger charge is -2.34. The number of fused-ring (bicyclic) bond motifs is 1. The Morgan fingerprint density at radius 2 is 1.79 bits per heavy atom. The average Bonchev–Trinajstić information content (AvgIpc) is 3.16. The Kier molecular flexibility index (Phi) is 7.22. The molecule has 182 valence electrons. The number of aryl methyl sites for hydroxylation is 1. The maximum absolute atomic E-state index is 13.1. The smallest absolute Gasteiger partial charge is 0.279 e. The van der Waals surface area contributed by atoms with Crippen LogP contribution in [0.25, 0.3) is 10.2 Å². The van der Waals surface area contributed by atoms with Gasteiger partial charge in [0, 0.05) is 25.2 Å². The van der Waals surface area contributed by atoms with E-state index in [0.29, 0.717) is 36.6 Å². The molecular formula is C24H29N3O5S2. The number of amides is 1. The zero-order chi connectivity index (χ0) is 24.5. The van der Waals surface area contributed by atoms with Crippen LogP contribution in [0.5, 0.6) is 5.75 Å². The van der Waals surface area contributed by atoms with Gasteiger partial charge in [0.1, 0.15) is 11.3 Å². The van der Waals surface area contributed by atoms with E-state index in [1.165, 1.54) is 39.9 Å². The number of nitrogens with zero attached hydrogens (tertiary/aromatic N) is 3. The van der Waals surface area contributed by atoms with Gasteiger partial charge in [-0.15, -0.1) is 0 Å². The second-order valence-corrected chi connectivity index (χ2v) is 11.1. The maximum atomic E-state index is 13.1. The Labute approximate surface area is 203 Å². The molecule has 34 heavy (non-hydrogen) atoms. The molecule has 8 nitrogen and oxygen atoms in total. The molecule has 2 aromatic carbocycles. The van der Waals surface area contributed by atoms with Crippen molar-refractivity contribution in [3.05, 3.63) is 52.8 Å². The SMILES string of the molecule is CCOc1cccc2sc(=NC(=O)c3ccc(S(=O)(=O)N4C[C@@H](C)O[C@@H](C)C4)cc3)n(CC)c12. The van der Waals surface area contributed by atoms with Crippen molar-refractivity contribution in [2.75, 3.05) is 19.7 Å². The minimum atomic E-state index is -3.67. The second kappa shape index (κ2) is 9.99. The molecule has 0 saturated carbocycles. The molecule has 0 radical (unpaired) electrons. The molecule has 1 amide bonds. The Morgan fingerprint density at radius 3 is 2.41 bits per heavy atom. The molecule has 10 heteroatoms. The Bertz CT molecular complexity index is 1350. The molecular weight excluding hydrogens is 474 g/mol. The van der Waals surface area contributed by atoms with Crippen LogP contribution < -0.4 is 9.54 Å². The highest BCUT2D eigenvalue weighted by molar-refractivity contribution is 7.89. The minimum absolute atomic E-state index is 0.150. The van der Waals surface area contributed by atoms with Crippen molar-refractivity contribution < 1.29 is 22.7 Å². The van der Waals surface area contributed by atoms with Gasteiger partial charge in [0.2, 0.25) is 10.0 Å². The number of rotatable bonds is 6. The van der Waals surface area contributed by atoms with Gasteiger partial charge in [-0.05, 0) is 64.1 Å². The Hall–Kier alpha value is -2.53. The van der Waals surface area contributed by atoms with Crippen molar-refractivity contribution in [1.29, 1.82) is 0 Å². The lowest BCUT2D eigenvalue weighted by atomic mass is 10.2. The standard InChI is InChI=1S/C24H29N3O5S2/c1-5-27-22-20(31-6-2)8-7-9-21(22)33-24(27)25-23(28)18-10-12-19(13-11-18)34(29,30)26-14-16(3)32-17(4)15-26/h7-13,16-17H,5-6,14-15H2,1-4H3/t16-,17+. The highest BCUT2D eigenvalue weighted by Crippen LogP contribution is 2.28. The van der Waals surface area contributed by atoms with Crippen LogP contribution in [0, 0.1) is 0 Å². The van der Waals surface area contributed by atoms with Crippen molar-refractivity contribution >= 4 is 37.5 Å². The van der Waals surface area contributed by atoms with Crippen molar-refractivity contribution in [1.82, 2.24) is 8.87 Å². The summed E-state index contributed by atoms with van der Waals surface area (Å²) in [5.74, 6) is 0.331. The van der Waals surface area contributed by atoms with E-state index in [4.69, 9.17) is 9.47 Å². The predicted octanol–water partition coefficient (Wildman–Crippen LogP) is 3.66. The van der Waals surface area contributed by atoms with Crippen LogP contribution in [0.1, 0.15) is 38.1 Å². The highest BCUT2D eigenvalue weighted by atomic mass is 32.2. The first kappa shape index (κ1) is 24.6. The van der Waals surface area contributed by atoms with Gasteiger partial charge in [-0.1, -0.05) is 17.4 Å². The summed E-state index contributed by atoms with van der Waals surface area (Å²) in [6, 6.07) is 11.8. The van der Waals surface area contributed by atoms with Crippen LogP contribution in [0.3, 0.4) is 0 Å². The van der Waals surface area contributed by atoms with Crippen LogP contribution in [-0.4, -0.2) is 55.1 Å². The summed E-state index contributed by atoms with van der Waals surface area (Å²) >= 11 is 1.42. The van der Waals surface area contributed by atoms with Gasteiger partial charge in [-0.2, -0.15) is 9.30 Å². The van der Waals surface area contributed by atoms with Crippen LogP contribution in [0.4, 0.5) is 0 Å². The van der Waals surface area contributed by atoms with E-state index in [1.54, 1.807) is 0 Å². The predicted molar refractivity (Wildman–Crippen MR) is 132 cm³/mol. The largest absolute Gasteiger partial charge is 0.492 e. The van der Waals surface area contributed by atoms with Gasteiger partial charge in [0.25, 0.3) is 5.91 Å².